The monoisotopic (exact) mass is 544 g/mol. The molecule has 1 fully saturated rings. The fraction of sp³-hybridized carbons (Fsp3) is 0.312. The SMILES string of the molecule is CCCc1oc(N(C)CC(=O)N2CCNCC2C(c2ccc(F)cc2)c2ccc(F)cc2)nc1-c1ccccc1. The molecule has 6 nitrogen and oxygen atoms in total. The number of carbonyl (C=O) groups is 1. The van der Waals surface area contributed by atoms with Crippen LogP contribution in [0, 0.1) is 11.6 Å². The van der Waals surface area contributed by atoms with E-state index < -0.39 is 0 Å². The summed E-state index contributed by atoms with van der Waals surface area (Å²) in [4.78, 5) is 22.2. The van der Waals surface area contributed by atoms with Crippen molar-refractivity contribution in [3.63, 3.8) is 0 Å². The third-order valence-corrected chi connectivity index (χ3v) is 7.36. The number of carbonyl (C=O) groups excluding carboxylic acids is 1. The van der Waals surface area contributed by atoms with Crippen LogP contribution in [0.4, 0.5) is 14.8 Å². The van der Waals surface area contributed by atoms with E-state index in [0.29, 0.717) is 25.6 Å². The number of likely N-dealkylation sites (N-methyl/N-ethyl adjacent to an activating group) is 1. The van der Waals surface area contributed by atoms with Crippen molar-refractivity contribution in [2.24, 2.45) is 0 Å². The topological polar surface area (TPSA) is 61.6 Å². The van der Waals surface area contributed by atoms with E-state index in [1.165, 1.54) is 24.3 Å². The van der Waals surface area contributed by atoms with Crippen LogP contribution in [0.5, 0.6) is 0 Å². The molecule has 1 atom stereocenters. The fourth-order valence-electron chi connectivity index (χ4n) is 5.39. The van der Waals surface area contributed by atoms with E-state index in [2.05, 4.69) is 12.2 Å². The molecule has 208 valence electrons. The van der Waals surface area contributed by atoms with Crippen LogP contribution in [0.2, 0.25) is 0 Å². The molecule has 0 saturated carbocycles. The zero-order valence-electron chi connectivity index (χ0n) is 22.8. The Labute approximate surface area is 233 Å². The molecular formula is C32H34F2N4O2. The van der Waals surface area contributed by atoms with E-state index >= 15 is 0 Å². The summed E-state index contributed by atoms with van der Waals surface area (Å²) in [5.74, 6) is -0.205. The summed E-state index contributed by atoms with van der Waals surface area (Å²) in [5, 5.41) is 3.40. The Morgan fingerprint density at radius 3 is 2.25 bits per heavy atom. The molecule has 1 unspecified atom stereocenters. The van der Waals surface area contributed by atoms with Gasteiger partial charge in [-0.15, -0.1) is 0 Å². The summed E-state index contributed by atoms with van der Waals surface area (Å²) >= 11 is 0. The fourth-order valence-corrected chi connectivity index (χ4v) is 5.39. The van der Waals surface area contributed by atoms with Gasteiger partial charge in [-0.1, -0.05) is 61.5 Å². The first kappa shape index (κ1) is 27.5. The van der Waals surface area contributed by atoms with E-state index in [-0.39, 0.29) is 36.0 Å². The summed E-state index contributed by atoms with van der Waals surface area (Å²) in [6.07, 6.45) is 1.66. The summed E-state index contributed by atoms with van der Waals surface area (Å²) in [6.45, 7) is 3.89. The lowest BCUT2D eigenvalue weighted by atomic mass is 9.83. The normalized spacial score (nSPS) is 15.4. The molecule has 1 N–H and O–H groups in total. The average molecular weight is 545 g/mol. The number of rotatable bonds is 9. The third-order valence-electron chi connectivity index (χ3n) is 7.36. The Morgan fingerprint density at radius 2 is 1.65 bits per heavy atom. The zero-order valence-corrected chi connectivity index (χ0v) is 22.8. The maximum absolute atomic E-state index is 13.8. The van der Waals surface area contributed by atoms with Gasteiger partial charge in [0, 0.05) is 44.6 Å². The quantitative estimate of drug-likeness (QED) is 0.296. The Bertz CT molecular complexity index is 1360. The zero-order chi connectivity index (χ0) is 28.1. The summed E-state index contributed by atoms with van der Waals surface area (Å²) in [7, 11) is 1.81. The van der Waals surface area contributed by atoms with Crippen molar-refractivity contribution in [1.29, 1.82) is 0 Å². The molecule has 40 heavy (non-hydrogen) atoms. The molecule has 0 aliphatic carbocycles. The lowest BCUT2D eigenvalue weighted by Crippen LogP contribution is -2.57. The van der Waals surface area contributed by atoms with Crippen LogP contribution in [-0.4, -0.2) is 55.1 Å². The van der Waals surface area contributed by atoms with Gasteiger partial charge in [-0.3, -0.25) is 4.79 Å². The molecule has 2 heterocycles. The maximum Gasteiger partial charge on any atom is 0.298 e. The number of hydrogen-bond acceptors (Lipinski definition) is 5. The molecule has 1 saturated heterocycles. The van der Waals surface area contributed by atoms with Crippen molar-refractivity contribution < 1.29 is 18.0 Å². The second-order valence-electron chi connectivity index (χ2n) is 10.2. The number of nitrogens with one attached hydrogen (secondary N) is 1. The Morgan fingerprint density at radius 1 is 1.02 bits per heavy atom. The standard InChI is InChI=1S/C32H34F2N4O2/c1-3-7-28-31(24-8-5-4-6-9-24)36-32(40-28)37(2)21-29(39)38-19-18-35-20-27(38)30(22-10-14-25(33)15-11-22)23-12-16-26(34)17-13-23/h4-6,8-17,27,30,35H,3,7,18-21H2,1-2H3. The molecule has 0 radical (unpaired) electrons. The predicted molar refractivity (Wildman–Crippen MR) is 152 cm³/mol. The minimum atomic E-state index is -0.332. The highest BCUT2D eigenvalue weighted by molar-refractivity contribution is 5.81. The first-order chi connectivity index (χ1) is 19.4. The number of benzene rings is 3. The predicted octanol–water partition coefficient (Wildman–Crippen LogP) is 5.64. The molecule has 0 spiro atoms. The highest BCUT2D eigenvalue weighted by Gasteiger charge is 2.35. The minimum absolute atomic E-state index is 0.0697. The Kier molecular flexibility index (Phi) is 8.55. The highest BCUT2D eigenvalue weighted by atomic mass is 19.1. The van der Waals surface area contributed by atoms with Gasteiger partial charge in [0.15, 0.2) is 0 Å². The maximum atomic E-state index is 13.8. The largest absolute Gasteiger partial charge is 0.428 e. The minimum Gasteiger partial charge on any atom is -0.428 e. The molecule has 1 aliphatic rings. The molecule has 8 heteroatoms. The van der Waals surface area contributed by atoms with Gasteiger partial charge in [0.1, 0.15) is 29.6 Å². The third kappa shape index (κ3) is 6.07. The van der Waals surface area contributed by atoms with E-state index in [1.54, 1.807) is 29.2 Å². The number of nitrogens with zero attached hydrogens (tertiary/aromatic N) is 3. The van der Waals surface area contributed by atoms with Crippen LogP contribution in [0.25, 0.3) is 11.3 Å². The molecule has 4 aromatic rings. The lowest BCUT2D eigenvalue weighted by Gasteiger charge is -2.41. The first-order valence-corrected chi connectivity index (χ1v) is 13.7. The molecule has 3 aromatic carbocycles. The number of hydrogen-bond donors (Lipinski definition) is 1. The van der Waals surface area contributed by atoms with Crippen LogP contribution in [-0.2, 0) is 11.2 Å². The van der Waals surface area contributed by atoms with Gasteiger partial charge in [0.05, 0.1) is 6.04 Å². The van der Waals surface area contributed by atoms with E-state index in [9.17, 15) is 13.6 Å². The highest BCUT2D eigenvalue weighted by Crippen LogP contribution is 2.33. The van der Waals surface area contributed by atoms with Crippen molar-refractivity contribution in [1.82, 2.24) is 15.2 Å². The summed E-state index contributed by atoms with van der Waals surface area (Å²) in [6, 6.07) is 22.7. The van der Waals surface area contributed by atoms with Crippen molar-refractivity contribution >= 4 is 11.9 Å². The number of aromatic nitrogens is 1. The smallest absolute Gasteiger partial charge is 0.298 e. The van der Waals surface area contributed by atoms with E-state index in [0.717, 1.165) is 41.0 Å². The van der Waals surface area contributed by atoms with Crippen LogP contribution >= 0.6 is 0 Å². The van der Waals surface area contributed by atoms with Gasteiger partial charge in [-0.25, -0.2) is 8.78 Å². The van der Waals surface area contributed by atoms with Crippen LogP contribution < -0.4 is 10.2 Å². The van der Waals surface area contributed by atoms with Crippen LogP contribution in [0.15, 0.2) is 83.3 Å². The van der Waals surface area contributed by atoms with Gasteiger partial charge >= 0.3 is 0 Å². The lowest BCUT2D eigenvalue weighted by molar-refractivity contribution is -0.133. The summed E-state index contributed by atoms with van der Waals surface area (Å²) in [5.41, 5.74) is 3.49. The summed E-state index contributed by atoms with van der Waals surface area (Å²) < 4.78 is 33.8. The number of aryl methyl sites for hydroxylation is 1. The number of oxazole rings is 1. The van der Waals surface area contributed by atoms with Gasteiger partial charge in [0.25, 0.3) is 6.01 Å². The van der Waals surface area contributed by atoms with Gasteiger partial charge in [-0.05, 0) is 41.8 Å². The molecule has 1 aliphatic heterocycles. The Balaban J connectivity index is 1.41. The van der Waals surface area contributed by atoms with Crippen molar-refractivity contribution in [3.05, 3.63) is 107 Å². The first-order valence-electron chi connectivity index (χ1n) is 13.7. The number of piperazine rings is 1. The van der Waals surface area contributed by atoms with Crippen LogP contribution in [0.3, 0.4) is 0 Å². The molecule has 1 aromatic heterocycles. The molecule has 0 bridgehead atoms. The van der Waals surface area contributed by atoms with Crippen LogP contribution in [0.1, 0.15) is 36.1 Å². The van der Waals surface area contributed by atoms with Gasteiger partial charge in [-0.2, -0.15) is 4.98 Å². The van der Waals surface area contributed by atoms with E-state index in [4.69, 9.17) is 9.40 Å². The van der Waals surface area contributed by atoms with Gasteiger partial charge < -0.3 is 19.5 Å². The molecule has 5 rings (SSSR count). The second-order valence-corrected chi connectivity index (χ2v) is 10.2. The Hall–Kier alpha value is -4.04. The average Bonchev–Trinajstić information content (AvgIpc) is 3.40. The second kappa shape index (κ2) is 12.4. The van der Waals surface area contributed by atoms with Crippen molar-refractivity contribution in [3.8, 4) is 11.3 Å². The molecular weight excluding hydrogens is 510 g/mol. The molecule has 1 amide bonds. The number of amides is 1. The number of halogens is 2. The van der Waals surface area contributed by atoms with Crippen molar-refractivity contribution in [2.75, 3.05) is 38.1 Å². The number of anilines is 1. The van der Waals surface area contributed by atoms with Crippen molar-refractivity contribution in [2.45, 2.75) is 31.7 Å². The van der Waals surface area contributed by atoms with Gasteiger partial charge in [0.2, 0.25) is 5.91 Å². The van der Waals surface area contributed by atoms with E-state index in [1.807, 2.05) is 42.3 Å².